The van der Waals surface area contributed by atoms with E-state index in [0.29, 0.717) is 38.6 Å². The van der Waals surface area contributed by atoms with Gasteiger partial charge < -0.3 is 20.5 Å². The van der Waals surface area contributed by atoms with Crippen molar-refractivity contribution in [2.45, 2.75) is 213 Å². The van der Waals surface area contributed by atoms with E-state index in [-0.39, 0.29) is 48.9 Å². The highest BCUT2D eigenvalue weighted by Gasteiger charge is 2.22. The number of unbranched alkanes of at least 4 members (excludes halogenated alkanes) is 21. The number of nitrogens with one attached hydrogen (secondary N) is 4. The fourth-order valence-corrected chi connectivity index (χ4v) is 7.22. The molecule has 346 valence electrons. The van der Waals surface area contributed by atoms with Crippen LogP contribution in [0.5, 0.6) is 0 Å². The van der Waals surface area contributed by atoms with Gasteiger partial charge in [0.25, 0.3) is 5.56 Å². The fraction of sp³-hybridized carbons (Fsp3) is 0.750. The van der Waals surface area contributed by atoms with E-state index in [1.807, 2.05) is 0 Å². The van der Waals surface area contributed by atoms with Crippen LogP contribution in [0.1, 0.15) is 200 Å². The van der Waals surface area contributed by atoms with Crippen molar-refractivity contribution in [2.24, 2.45) is 0 Å². The zero-order valence-corrected chi connectivity index (χ0v) is 38.1. The Labute approximate surface area is 367 Å². The van der Waals surface area contributed by atoms with Gasteiger partial charge in [-0.1, -0.05) is 128 Å². The molecule has 0 aliphatic rings. The van der Waals surface area contributed by atoms with Crippen LogP contribution in [-0.4, -0.2) is 68.1 Å². The number of aliphatic hydroxyl groups is 1. The monoisotopic (exact) mass is 854 g/mol. The molecule has 61 heavy (non-hydrogen) atoms. The first-order chi connectivity index (χ1) is 29.9. The predicted octanol–water partition coefficient (Wildman–Crippen LogP) is 10.1. The third-order valence-corrected chi connectivity index (χ3v) is 10.9. The number of hydrogen-bond donors (Lipinski definition) is 5. The second-order valence-corrected chi connectivity index (χ2v) is 16.5. The molecule has 13 heteroatoms. The minimum Gasteiger partial charge on any atom is -0.394 e. The second-order valence-electron chi connectivity index (χ2n) is 16.5. The Bertz CT molecular complexity index is 1550. The number of nitrogens with zero attached hydrogens (tertiary/aromatic N) is 3. The number of aromatic nitrogens is 4. The minimum absolute atomic E-state index is 0.0177. The molecule has 0 fully saturated rings. The molecule has 0 spiro atoms. The topological polar surface area (TPSA) is 180 Å². The van der Waals surface area contributed by atoms with Gasteiger partial charge in [0.1, 0.15) is 12.8 Å². The van der Waals surface area contributed by atoms with E-state index in [1.54, 1.807) is 0 Å². The second kappa shape index (κ2) is 36.8. The van der Waals surface area contributed by atoms with E-state index in [2.05, 4.69) is 69.1 Å². The zero-order chi connectivity index (χ0) is 44.0. The van der Waals surface area contributed by atoms with E-state index in [4.69, 9.17) is 9.84 Å². The summed E-state index contributed by atoms with van der Waals surface area (Å²) in [5.74, 6) is -0.720. The molecular weight excluding hydrogens is 771 g/mol. The van der Waals surface area contributed by atoms with Crippen LogP contribution in [0.15, 0.2) is 35.4 Å². The molecule has 2 heterocycles. The smallest absolute Gasteiger partial charge is 0.280 e. The largest absolute Gasteiger partial charge is 0.394 e. The average molecular weight is 854 g/mol. The molecule has 0 aliphatic heterocycles. The van der Waals surface area contributed by atoms with Crippen molar-refractivity contribution in [2.75, 3.05) is 25.1 Å². The minimum atomic E-state index is -0.855. The number of hydrogen-bond acceptors (Lipinski definition) is 8. The number of amides is 3. The van der Waals surface area contributed by atoms with E-state index in [9.17, 15) is 19.2 Å². The van der Waals surface area contributed by atoms with E-state index >= 15 is 0 Å². The summed E-state index contributed by atoms with van der Waals surface area (Å²) in [6, 6.07) is -0.855. The van der Waals surface area contributed by atoms with Crippen molar-refractivity contribution < 1.29 is 24.2 Å². The molecule has 0 aliphatic carbocycles. The SMILES string of the molecule is CCCCCCCC=CCCCCCCCC(=O)NCCCCC(NC(=O)CCCCCCCC=CCCCCCCC)C(=O)Nc1nc2c(ncn2COCCO)c(=O)[nH]1. The molecule has 1 atom stereocenters. The molecule has 2 aromatic rings. The maximum atomic E-state index is 13.6. The van der Waals surface area contributed by atoms with Crippen molar-refractivity contribution in [3.8, 4) is 0 Å². The Morgan fingerprint density at radius 1 is 0.721 bits per heavy atom. The van der Waals surface area contributed by atoms with Gasteiger partial charge in [-0.05, 0) is 83.5 Å². The number of aliphatic hydroxyl groups excluding tert-OH is 1. The molecule has 2 aromatic heterocycles. The number of allylic oxidation sites excluding steroid dienone is 4. The Hall–Kier alpha value is -3.84. The predicted molar refractivity (Wildman–Crippen MR) is 248 cm³/mol. The molecule has 0 radical (unpaired) electrons. The molecule has 13 nitrogen and oxygen atoms in total. The first-order valence-electron chi connectivity index (χ1n) is 24.2. The van der Waals surface area contributed by atoms with Crippen LogP contribution in [0.2, 0.25) is 0 Å². The maximum Gasteiger partial charge on any atom is 0.280 e. The number of carbonyl (C=O) groups is 3. The molecule has 1 unspecified atom stereocenters. The molecular formula is C48H83N7O6. The van der Waals surface area contributed by atoms with Gasteiger partial charge >= 0.3 is 0 Å². The van der Waals surface area contributed by atoms with Gasteiger partial charge in [-0.2, -0.15) is 4.98 Å². The van der Waals surface area contributed by atoms with Crippen molar-refractivity contribution in [1.29, 1.82) is 0 Å². The number of ether oxygens (including phenoxy) is 1. The fourth-order valence-electron chi connectivity index (χ4n) is 7.22. The number of anilines is 1. The summed E-state index contributed by atoms with van der Waals surface area (Å²) in [7, 11) is 0. The van der Waals surface area contributed by atoms with Gasteiger partial charge in [0.05, 0.1) is 19.5 Å². The van der Waals surface area contributed by atoms with E-state index in [1.165, 1.54) is 101 Å². The zero-order valence-electron chi connectivity index (χ0n) is 38.1. The third-order valence-electron chi connectivity index (χ3n) is 10.9. The summed E-state index contributed by atoms with van der Waals surface area (Å²) >= 11 is 0. The van der Waals surface area contributed by atoms with Gasteiger partial charge in [0, 0.05) is 19.4 Å². The Balaban J connectivity index is 1.76. The molecule has 0 saturated heterocycles. The lowest BCUT2D eigenvalue weighted by Crippen LogP contribution is -2.44. The van der Waals surface area contributed by atoms with Crippen LogP contribution in [0.25, 0.3) is 11.2 Å². The maximum absolute atomic E-state index is 13.6. The van der Waals surface area contributed by atoms with Gasteiger partial charge in [0.2, 0.25) is 23.7 Å². The molecule has 2 rings (SSSR count). The van der Waals surface area contributed by atoms with E-state index in [0.717, 1.165) is 64.2 Å². The van der Waals surface area contributed by atoms with Crippen LogP contribution in [0, 0.1) is 0 Å². The quantitative estimate of drug-likeness (QED) is 0.0324. The lowest BCUT2D eigenvalue weighted by Gasteiger charge is -2.18. The summed E-state index contributed by atoms with van der Waals surface area (Å²) in [4.78, 5) is 62.9. The van der Waals surface area contributed by atoms with Crippen LogP contribution in [-0.2, 0) is 25.9 Å². The molecule has 0 saturated carbocycles. The van der Waals surface area contributed by atoms with Crippen LogP contribution in [0.4, 0.5) is 5.95 Å². The number of aromatic amines is 1. The Morgan fingerprint density at radius 2 is 1.25 bits per heavy atom. The Kier molecular flexibility index (Phi) is 32.1. The summed E-state index contributed by atoms with van der Waals surface area (Å²) in [6.45, 7) is 4.95. The van der Waals surface area contributed by atoms with Gasteiger partial charge in [-0.3, -0.25) is 34.0 Å². The van der Waals surface area contributed by atoms with Gasteiger partial charge in [0.15, 0.2) is 11.2 Å². The van der Waals surface area contributed by atoms with Crippen molar-refractivity contribution in [3.05, 3.63) is 41.0 Å². The standard InChI is InChI=1S/C48H83N7O6/c1-3-5-7-9-11-13-15-17-19-21-23-25-27-29-34-42(57)49-36-32-31-33-41(51-43(58)35-30-28-26-24-22-20-18-16-14-12-10-8-6-4-2)46(59)53-48-52-45-44(47(60)54-48)50-39-55(45)40-61-38-37-56/h15-18,39,41,56H,3-14,19-38,40H2,1-2H3,(H,49,57)(H,51,58)(H2,52,53,54,59,60). The summed E-state index contributed by atoms with van der Waals surface area (Å²) < 4.78 is 6.87. The molecule has 5 N–H and O–H groups in total. The van der Waals surface area contributed by atoms with Crippen molar-refractivity contribution in [3.63, 3.8) is 0 Å². The first kappa shape index (κ1) is 53.3. The number of imidazole rings is 1. The van der Waals surface area contributed by atoms with Crippen molar-refractivity contribution >= 4 is 34.8 Å². The van der Waals surface area contributed by atoms with Gasteiger partial charge in [-0.15, -0.1) is 0 Å². The Morgan fingerprint density at radius 3 is 1.80 bits per heavy atom. The molecule has 0 bridgehead atoms. The summed E-state index contributed by atoms with van der Waals surface area (Å²) in [6.07, 6.45) is 41.4. The van der Waals surface area contributed by atoms with E-state index < -0.39 is 17.5 Å². The number of rotatable bonds is 40. The lowest BCUT2D eigenvalue weighted by molar-refractivity contribution is -0.126. The normalized spacial score (nSPS) is 12.2. The number of H-pyrrole nitrogens is 1. The van der Waals surface area contributed by atoms with Crippen LogP contribution >= 0.6 is 0 Å². The molecule has 0 aromatic carbocycles. The molecule has 3 amide bonds. The highest BCUT2D eigenvalue weighted by Crippen LogP contribution is 2.13. The summed E-state index contributed by atoms with van der Waals surface area (Å²) in [5.41, 5.74) is -0.226. The number of carbonyl (C=O) groups excluding carboxylic acids is 3. The highest BCUT2D eigenvalue weighted by molar-refractivity contribution is 5.96. The van der Waals surface area contributed by atoms with Crippen LogP contribution in [0.3, 0.4) is 0 Å². The number of fused-ring (bicyclic) bond motifs is 1. The third kappa shape index (κ3) is 27.0. The summed E-state index contributed by atoms with van der Waals surface area (Å²) in [5, 5.41) is 17.7. The van der Waals surface area contributed by atoms with Crippen molar-refractivity contribution in [1.82, 2.24) is 30.2 Å². The highest BCUT2D eigenvalue weighted by atomic mass is 16.5. The average Bonchev–Trinajstić information content (AvgIpc) is 3.66. The van der Waals surface area contributed by atoms with Crippen LogP contribution < -0.4 is 21.5 Å². The van der Waals surface area contributed by atoms with Gasteiger partial charge in [-0.25, -0.2) is 4.98 Å². The lowest BCUT2D eigenvalue weighted by atomic mass is 10.1. The first-order valence-corrected chi connectivity index (χ1v) is 24.2.